The van der Waals surface area contributed by atoms with Gasteiger partial charge in [-0.05, 0) is 63.2 Å². The highest BCUT2D eigenvalue weighted by Crippen LogP contribution is 2.31. The van der Waals surface area contributed by atoms with E-state index in [0.717, 1.165) is 12.1 Å². The topological polar surface area (TPSA) is 49.9 Å². The number of carbonyl (C=O) groups excluding carboxylic acids is 2. The molecule has 3 rings (SSSR count). The Labute approximate surface area is 179 Å². The lowest BCUT2D eigenvalue weighted by molar-refractivity contribution is -0.137. The predicted octanol–water partition coefficient (Wildman–Crippen LogP) is 4.66. The smallest absolute Gasteiger partial charge is 0.416 e. The van der Waals surface area contributed by atoms with Crippen LogP contribution >= 0.6 is 0 Å². The Morgan fingerprint density at radius 2 is 1.58 bits per heavy atom. The number of carbonyl (C=O) groups is 2. The Kier molecular flexibility index (Phi) is 6.57. The molecule has 8 heteroatoms. The van der Waals surface area contributed by atoms with Gasteiger partial charge in [0.05, 0.1) is 17.2 Å². The maximum absolute atomic E-state index is 13.2. The molecule has 0 bridgehead atoms. The molecule has 1 aliphatic heterocycles. The average molecular weight is 434 g/mol. The van der Waals surface area contributed by atoms with Crippen LogP contribution in [0.15, 0.2) is 42.5 Å². The van der Waals surface area contributed by atoms with Gasteiger partial charge in [0.25, 0.3) is 5.91 Å². The van der Waals surface area contributed by atoms with E-state index >= 15 is 0 Å². The SMILES string of the molecule is CC(=O)c1ccc(OC(C)C)c(C(=O)N2CCN(c3ccc(C(F)(F)F)cc3)CC2)c1. The molecule has 5 nitrogen and oxygen atoms in total. The third-order valence-electron chi connectivity index (χ3n) is 5.11. The Morgan fingerprint density at radius 1 is 0.968 bits per heavy atom. The van der Waals surface area contributed by atoms with Gasteiger partial charge in [-0.25, -0.2) is 0 Å². The van der Waals surface area contributed by atoms with Crippen molar-refractivity contribution in [2.75, 3.05) is 31.1 Å². The van der Waals surface area contributed by atoms with Crippen LogP contribution in [0.2, 0.25) is 0 Å². The van der Waals surface area contributed by atoms with E-state index < -0.39 is 11.7 Å². The average Bonchev–Trinajstić information content (AvgIpc) is 2.72. The quantitative estimate of drug-likeness (QED) is 0.643. The first-order valence-corrected chi connectivity index (χ1v) is 10.1. The van der Waals surface area contributed by atoms with Crippen molar-refractivity contribution in [1.82, 2.24) is 4.90 Å². The van der Waals surface area contributed by atoms with Gasteiger partial charge < -0.3 is 14.5 Å². The third kappa shape index (κ3) is 5.37. The molecular weight excluding hydrogens is 409 g/mol. The molecule has 31 heavy (non-hydrogen) atoms. The van der Waals surface area contributed by atoms with Gasteiger partial charge in [0.15, 0.2) is 5.78 Å². The monoisotopic (exact) mass is 434 g/mol. The van der Waals surface area contributed by atoms with Crippen LogP contribution in [0.1, 0.15) is 47.1 Å². The fourth-order valence-corrected chi connectivity index (χ4v) is 3.47. The normalized spacial score (nSPS) is 14.7. The molecule has 0 atom stereocenters. The van der Waals surface area contributed by atoms with Crippen molar-refractivity contribution >= 4 is 17.4 Å². The molecule has 0 aromatic heterocycles. The second kappa shape index (κ2) is 8.99. The number of benzene rings is 2. The largest absolute Gasteiger partial charge is 0.490 e. The molecule has 2 aromatic rings. The molecule has 1 amide bonds. The van der Waals surface area contributed by atoms with Gasteiger partial charge in [-0.2, -0.15) is 13.2 Å². The summed E-state index contributed by atoms with van der Waals surface area (Å²) in [5.74, 6) is 0.0539. The minimum absolute atomic E-state index is 0.133. The number of anilines is 1. The maximum atomic E-state index is 13.2. The number of Topliss-reactive ketones (excluding diaryl/α,β-unsaturated/α-hetero) is 1. The summed E-state index contributed by atoms with van der Waals surface area (Å²) in [6.45, 7) is 6.95. The van der Waals surface area contributed by atoms with Gasteiger partial charge in [0, 0.05) is 37.4 Å². The van der Waals surface area contributed by atoms with Crippen molar-refractivity contribution in [2.24, 2.45) is 0 Å². The highest BCUT2D eigenvalue weighted by molar-refractivity contribution is 6.01. The van der Waals surface area contributed by atoms with E-state index in [2.05, 4.69) is 0 Å². The number of ketones is 1. The number of ether oxygens (including phenoxy) is 1. The number of nitrogens with zero attached hydrogens (tertiary/aromatic N) is 2. The summed E-state index contributed by atoms with van der Waals surface area (Å²) in [6.07, 6.45) is -4.50. The number of piperazine rings is 1. The molecule has 0 spiro atoms. The van der Waals surface area contributed by atoms with E-state index in [9.17, 15) is 22.8 Å². The van der Waals surface area contributed by atoms with Gasteiger partial charge in [-0.15, -0.1) is 0 Å². The fraction of sp³-hybridized carbons (Fsp3) is 0.391. The summed E-state index contributed by atoms with van der Waals surface area (Å²) >= 11 is 0. The molecule has 0 N–H and O–H groups in total. The summed E-state index contributed by atoms with van der Waals surface area (Å²) in [4.78, 5) is 28.6. The van der Waals surface area contributed by atoms with Crippen LogP contribution in [0.4, 0.5) is 18.9 Å². The highest BCUT2D eigenvalue weighted by atomic mass is 19.4. The number of rotatable bonds is 5. The Balaban J connectivity index is 1.73. The van der Waals surface area contributed by atoms with Crippen molar-refractivity contribution < 1.29 is 27.5 Å². The number of hydrogen-bond acceptors (Lipinski definition) is 4. The molecule has 1 aliphatic rings. The van der Waals surface area contributed by atoms with Crippen LogP contribution in [0.25, 0.3) is 0 Å². The minimum Gasteiger partial charge on any atom is -0.490 e. The van der Waals surface area contributed by atoms with E-state index in [1.165, 1.54) is 19.1 Å². The summed E-state index contributed by atoms with van der Waals surface area (Å²) in [5, 5.41) is 0. The number of amides is 1. The molecule has 1 heterocycles. The van der Waals surface area contributed by atoms with Crippen LogP contribution in [0, 0.1) is 0 Å². The van der Waals surface area contributed by atoms with Gasteiger partial charge in [0.1, 0.15) is 5.75 Å². The van der Waals surface area contributed by atoms with Gasteiger partial charge in [-0.1, -0.05) is 0 Å². The maximum Gasteiger partial charge on any atom is 0.416 e. The summed E-state index contributed by atoms with van der Waals surface area (Å²) < 4.78 is 44.1. The zero-order valence-electron chi connectivity index (χ0n) is 17.7. The number of halogens is 3. The van der Waals surface area contributed by atoms with Gasteiger partial charge >= 0.3 is 6.18 Å². The molecule has 0 unspecified atom stereocenters. The molecule has 0 radical (unpaired) electrons. The predicted molar refractivity (Wildman–Crippen MR) is 112 cm³/mol. The Morgan fingerprint density at radius 3 is 2.10 bits per heavy atom. The first-order valence-electron chi connectivity index (χ1n) is 10.1. The van der Waals surface area contributed by atoms with E-state index in [-0.39, 0.29) is 17.8 Å². The lowest BCUT2D eigenvalue weighted by atomic mass is 10.1. The summed E-state index contributed by atoms with van der Waals surface area (Å²) in [5.41, 5.74) is 0.767. The van der Waals surface area contributed by atoms with Gasteiger partial charge in [0.2, 0.25) is 0 Å². The molecule has 166 valence electrons. The lowest BCUT2D eigenvalue weighted by Gasteiger charge is -2.36. The molecule has 0 aliphatic carbocycles. The Hall–Kier alpha value is -3.03. The van der Waals surface area contributed by atoms with Crippen molar-refractivity contribution in [3.05, 3.63) is 59.2 Å². The first-order chi connectivity index (χ1) is 14.6. The number of alkyl halides is 3. The Bertz CT molecular complexity index is 948. The van der Waals surface area contributed by atoms with Crippen LogP contribution in [0.3, 0.4) is 0 Å². The van der Waals surface area contributed by atoms with E-state index in [0.29, 0.717) is 48.7 Å². The van der Waals surface area contributed by atoms with Crippen LogP contribution in [0.5, 0.6) is 5.75 Å². The zero-order valence-corrected chi connectivity index (χ0v) is 17.7. The third-order valence-corrected chi connectivity index (χ3v) is 5.11. The van der Waals surface area contributed by atoms with E-state index in [1.807, 2.05) is 18.7 Å². The minimum atomic E-state index is -4.37. The fourth-order valence-electron chi connectivity index (χ4n) is 3.47. The highest BCUT2D eigenvalue weighted by Gasteiger charge is 2.31. The van der Waals surface area contributed by atoms with Crippen molar-refractivity contribution in [3.8, 4) is 5.75 Å². The summed E-state index contributed by atoms with van der Waals surface area (Å²) in [7, 11) is 0. The van der Waals surface area contributed by atoms with Crippen LogP contribution in [-0.2, 0) is 6.18 Å². The molecule has 2 aromatic carbocycles. The van der Waals surface area contributed by atoms with Crippen LogP contribution < -0.4 is 9.64 Å². The molecular formula is C23H25F3N2O3. The molecule has 1 fully saturated rings. The lowest BCUT2D eigenvalue weighted by Crippen LogP contribution is -2.49. The molecule has 0 saturated carbocycles. The zero-order chi connectivity index (χ0) is 22.8. The van der Waals surface area contributed by atoms with Crippen LogP contribution in [-0.4, -0.2) is 48.9 Å². The van der Waals surface area contributed by atoms with Crippen molar-refractivity contribution in [1.29, 1.82) is 0 Å². The number of hydrogen-bond donors (Lipinski definition) is 0. The summed E-state index contributed by atoms with van der Waals surface area (Å²) in [6, 6.07) is 9.87. The van der Waals surface area contributed by atoms with E-state index in [1.54, 1.807) is 23.1 Å². The molecule has 1 saturated heterocycles. The van der Waals surface area contributed by atoms with Crippen molar-refractivity contribution in [3.63, 3.8) is 0 Å². The standard InChI is InChI=1S/C23H25F3N2O3/c1-15(2)31-21-9-4-17(16(3)29)14-20(21)22(30)28-12-10-27(11-13-28)19-7-5-18(6-8-19)23(24,25)26/h4-9,14-15H,10-13H2,1-3H3. The second-order valence-corrected chi connectivity index (χ2v) is 7.76. The van der Waals surface area contributed by atoms with E-state index in [4.69, 9.17) is 4.74 Å². The second-order valence-electron chi connectivity index (χ2n) is 7.76. The van der Waals surface area contributed by atoms with Gasteiger partial charge in [-0.3, -0.25) is 9.59 Å². The first kappa shape index (κ1) is 22.7. The van der Waals surface area contributed by atoms with Crippen molar-refractivity contribution in [2.45, 2.75) is 33.1 Å².